The molecule has 1 rings (SSSR count). The molecular weight excluding hydrogens is 112 g/mol. The Morgan fingerprint density at radius 3 is 2.67 bits per heavy atom. The van der Waals surface area contributed by atoms with Gasteiger partial charge in [0.15, 0.2) is 0 Å². The molecule has 9 heavy (non-hydrogen) atoms. The van der Waals surface area contributed by atoms with Crippen molar-refractivity contribution in [1.29, 1.82) is 0 Å². The zero-order chi connectivity index (χ0) is 6.85. The van der Waals surface area contributed by atoms with Gasteiger partial charge in [0.05, 0.1) is 0 Å². The summed E-state index contributed by atoms with van der Waals surface area (Å²) in [5.41, 5.74) is 1.05. The van der Waals surface area contributed by atoms with Crippen molar-refractivity contribution in [3.8, 4) is 0 Å². The average Bonchev–Trinajstić information content (AvgIpc) is 1.80. The first kappa shape index (κ1) is 6.14. The minimum absolute atomic E-state index is 0.287. The summed E-state index contributed by atoms with van der Waals surface area (Å²) in [6, 6.07) is 0. The van der Waals surface area contributed by atoms with Gasteiger partial charge < -0.3 is 5.11 Å². The molecule has 0 amide bonds. The molecule has 0 fully saturated rings. The predicted molar refractivity (Wildman–Crippen MR) is 38.2 cm³/mol. The number of allylic oxidation sites excluding steroid dienone is 4. The topological polar surface area (TPSA) is 20.2 Å². The molecule has 0 heterocycles. The van der Waals surface area contributed by atoms with Gasteiger partial charge in [-0.15, -0.1) is 0 Å². The van der Waals surface area contributed by atoms with Crippen LogP contribution >= 0.6 is 0 Å². The van der Waals surface area contributed by atoms with Crippen LogP contribution in [-0.2, 0) is 0 Å². The first-order valence-corrected chi connectivity index (χ1v) is 2.98. The molecule has 1 nitrogen and oxygen atoms in total. The highest BCUT2D eigenvalue weighted by molar-refractivity contribution is 5.32. The Balaban J connectivity index is 2.82. The SMILES string of the molecule is C=C1C=CC(O)=CC1C. The van der Waals surface area contributed by atoms with E-state index in [1.165, 1.54) is 0 Å². The summed E-state index contributed by atoms with van der Waals surface area (Å²) in [6.07, 6.45) is 5.27. The second kappa shape index (κ2) is 2.09. The lowest BCUT2D eigenvalue weighted by atomic mass is 9.97. The van der Waals surface area contributed by atoms with E-state index in [1.54, 1.807) is 12.2 Å². The number of aliphatic hydroxyl groups excluding tert-OH is 1. The Bertz CT molecular complexity index is 187. The smallest absolute Gasteiger partial charge is 0.112 e. The van der Waals surface area contributed by atoms with Gasteiger partial charge in [-0.05, 0) is 17.7 Å². The highest BCUT2D eigenvalue weighted by Crippen LogP contribution is 2.18. The van der Waals surface area contributed by atoms with Gasteiger partial charge in [-0.25, -0.2) is 0 Å². The van der Waals surface area contributed by atoms with E-state index in [0.717, 1.165) is 5.57 Å². The minimum Gasteiger partial charge on any atom is -0.508 e. The molecule has 0 aromatic heterocycles. The maximum Gasteiger partial charge on any atom is 0.112 e. The monoisotopic (exact) mass is 122 g/mol. The molecule has 0 bridgehead atoms. The van der Waals surface area contributed by atoms with E-state index in [1.807, 2.05) is 13.0 Å². The largest absolute Gasteiger partial charge is 0.508 e. The van der Waals surface area contributed by atoms with E-state index in [0.29, 0.717) is 5.76 Å². The zero-order valence-corrected chi connectivity index (χ0v) is 5.46. The van der Waals surface area contributed by atoms with Crippen molar-refractivity contribution in [3.05, 3.63) is 36.1 Å². The molecule has 0 spiro atoms. The summed E-state index contributed by atoms with van der Waals surface area (Å²) in [7, 11) is 0. The molecule has 1 aliphatic rings. The van der Waals surface area contributed by atoms with Crippen LogP contribution in [0.25, 0.3) is 0 Å². The molecule has 0 aromatic rings. The summed E-state index contributed by atoms with van der Waals surface area (Å²) in [5, 5.41) is 8.93. The van der Waals surface area contributed by atoms with Crippen LogP contribution < -0.4 is 0 Å². The Morgan fingerprint density at radius 2 is 2.22 bits per heavy atom. The van der Waals surface area contributed by atoms with Crippen molar-refractivity contribution in [1.82, 2.24) is 0 Å². The van der Waals surface area contributed by atoms with Crippen molar-refractivity contribution < 1.29 is 5.11 Å². The zero-order valence-electron chi connectivity index (χ0n) is 5.46. The van der Waals surface area contributed by atoms with Gasteiger partial charge in [-0.1, -0.05) is 19.6 Å². The molecule has 1 N–H and O–H groups in total. The molecule has 1 atom stereocenters. The van der Waals surface area contributed by atoms with Gasteiger partial charge >= 0.3 is 0 Å². The highest BCUT2D eigenvalue weighted by atomic mass is 16.3. The number of rotatable bonds is 0. The summed E-state index contributed by atoms with van der Waals surface area (Å²) in [4.78, 5) is 0. The Hall–Kier alpha value is -0.980. The summed E-state index contributed by atoms with van der Waals surface area (Å²) in [6.45, 7) is 5.79. The van der Waals surface area contributed by atoms with Crippen LogP contribution in [0.2, 0.25) is 0 Å². The van der Waals surface area contributed by atoms with E-state index in [-0.39, 0.29) is 5.92 Å². The fraction of sp³-hybridized carbons (Fsp3) is 0.250. The molecule has 0 saturated heterocycles. The van der Waals surface area contributed by atoms with Gasteiger partial charge in [-0.2, -0.15) is 0 Å². The predicted octanol–water partition coefficient (Wildman–Crippen LogP) is 2.19. The molecule has 1 heteroatoms. The molecule has 0 aromatic carbocycles. The first-order chi connectivity index (χ1) is 4.20. The van der Waals surface area contributed by atoms with Crippen molar-refractivity contribution >= 4 is 0 Å². The third-order valence-corrected chi connectivity index (χ3v) is 1.47. The van der Waals surface area contributed by atoms with Gasteiger partial charge in [0, 0.05) is 5.92 Å². The van der Waals surface area contributed by atoms with Crippen LogP contribution in [0.1, 0.15) is 6.92 Å². The quantitative estimate of drug-likeness (QED) is 0.522. The lowest BCUT2D eigenvalue weighted by molar-refractivity contribution is 0.424. The molecule has 48 valence electrons. The number of hydrogen-bond donors (Lipinski definition) is 1. The maximum atomic E-state index is 8.93. The lowest BCUT2D eigenvalue weighted by Gasteiger charge is -2.10. The van der Waals surface area contributed by atoms with Crippen LogP contribution in [0.15, 0.2) is 36.1 Å². The Kier molecular flexibility index (Phi) is 1.43. The third-order valence-electron chi connectivity index (χ3n) is 1.47. The van der Waals surface area contributed by atoms with Gasteiger partial charge in [0.2, 0.25) is 0 Å². The average molecular weight is 122 g/mol. The van der Waals surface area contributed by atoms with Crippen molar-refractivity contribution in [2.75, 3.05) is 0 Å². The molecule has 1 unspecified atom stereocenters. The van der Waals surface area contributed by atoms with Gasteiger partial charge in [-0.3, -0.25) is 0 Å². The van der Waals surface area contributed by atoms with Crippen LogP contribution in [0.5, 0.6) is 0 Å². The van der Waals surface area contributed by atoms with Crippen LogP contribution in [0.4, 0.5) is 0 Å². The Morgan fingerprint density at radius 1 is 1.56 bits per heavy atom. The second-order valence-electron chi connectivity index (χ2n) is 2.29. The second-order valence-corrected chi connectivity index (χ2v) is 2.29. The van der Waals surface area contributed by atoms with Crippen molar-refractivity contribution in [2.24, 2.45) is 5.92 Å². The van der Waals surface area contributed by atoms with Gasteiger partial charge in [0.25, 0.3) is 0 Å². The molecule has 0 aliphatic heterocycles. The number of aliphatic hydroxyl groups is 1. The molecular formula is C8H10O. The van der Waals surface area contributed by atoms with E-state index in [9.17, 15) is 0 Å². The van der Waals surface area contributed by atoms with Gasteiger partial charge in [0.1, 0.15) is 5.76 Å². The minimum atomic E-state index is 0.287. The first-order valence-electron chi connectivity index (χ1n) is 2.98. The van der Waals surface area contributed by atoms with Crippen molar-refractivity contribution in [3.63, 3.8) is 0 Å². The maximum absolute atomic E-state index is 8.93. The summed E-state index contributed by atoms with van der Waals surface area (Å²) < 4.78 is 0. The third kappa shape index (κ3) is 1.22. The summed E-state index contributed by atoms with van der Waals surface area (Å²) in [5.74, 6) is 0.630. The van der Waals surface area contributed by atoms with Crippen LogP contribution in [0.3, 0.4) is 0 Å². The van der Waals surface area contributed by atoms with E-state index < -0.39 is 0 Å². The summed E-state index contributed by atoms with van der Waals surface area (Å²) >= 11 is 0. The number of hydrogen-bond acceptors (Lipinski definition) is 1. The normalized spacial score (nSPS) is 26.1. The van der Waals surface area contributed by atoms with Crippen LogP contribution in [0, 0.1) is 5.92 Å². The molecule has 1 aliphatic carbocycles. The highest BCUT2D eigenvalue weighted by Gasteiger charge is 2.05. The van der Waals surface area contributed by atoms with E-state index in [2.05, 4.69) is 6.58 Å². The fourth-order valence-electron chi connectivity index (χ4n) is 0.763. The van der Waals surface area contributed by atoms with E-state index >= 15 is 0 Å². The standard InChI is InChI=1S/C8H10O/c1-6-3-4-8(9)5-7(6)2/h3-5,7,9H,1H2,2H3. The lowest BCUT2D eigenvalue weighted by Crippen LogP contribution is -1.97. The van der Waals surface area contributed by atoms with Crippen molar-refractivity contribution in [2.45, 2.75) is 6.92 Å². The molecule has 0 saturated carbocycles. The van der Waals surface area contributed by atoms with E-state index in [4.69, 9.17) is 5.11 Å². The molecule has 0 radical (unpaired) electrons. The Labute approximate surface area is 55.0 Å². The fourth-order valence-corrected chi connectivity index (χ4v) is 0.763. The van der Waals surface area contributed by atoms with Crippen LogP contribution in [-0.4, -0.2) is 5.11 Å².